The Hall–Kier alpha value is -2.10. The normalized spacial score (nSPS) is 15.9. The zero-order valence-corrected chi connectivity index (χ0v) is 15.0. The van der Waals surface area contributed by atoms with Gasteiger partial charge >= 0.3 is 0 Å². The van der Waals surface area contributed by atoms with Crippen molar-refractivity contribution in [1.29, 1.82) is 0 Å². The van der Waals surface area contributed by atoms with Gasteiger partial charge in [-0.2, -0.15) is 4.98 Å². The molecule has 0 spiro atoms. The van der Waals surface area contributed by atoms with Crippen LogP contribution in [0.25, 0.3) is 11.3 Å². The van der Waals surface area contributed by atoms with E-state index in [9.17, 15) is 0 Å². The van der Waals surface area contributed by atoms with Crippen molar-refractivity contribution < 1.29 is 0 Å². The summed E-state index contributed by atoms with van der Waals surface area (Å²) < 4.78 is 0. The van der Waals surface area contributed by atoms with Crippen LogP contribution in [0.15, 0.2) is 36.4 Å². The van der Waals surface area contributed by atoms with Crippen molar-refractivity contribution in [2.24, 2.45) is 0 Å². The second-order valence-electron chi connectivity index (χ2n) is 7.58. The van der Waals surface area contributed by atoms with Gasteiger partial charge in [-0.25, -0.2) is 4.98 Å². The van der Waals surface area contributed by atoms with E-state index in [0.717, 1.165) is 36.1 Å². The molecule has 4 heteroatoms. The highest BCUT2D eigenvalue weighted by Gasteiger charge is 2.17. The number of nitrogens with one attached hydrogen (secondary N) is 1. The van der Waals surface area contributed by atoms with E-state index in [-0.39, 0.29) is 5.54 Å². The third-order valence-electron chi connectivity index (χ3n) is 4.18. The minimum absolute atomic E-state index is 0.0294. The van der Waals surface area contributed by atoms with Crippen LogP contribution in [0, 0.1) is 0 Å². The second-order valence-corrected chi connectivity index (χ2v) is 7.58. The standard InChI is InChI=1S/C20H28N4/c1-20(2,3)23-18-15-17(16-11-7-6-8-12-16)21-19(22-18)24-13-9-4-5-10-14-24/h6-8,11-12,15H,4-5,9-10,13-14H2,1-3H3,(H,21,22,23). The molecule has 1 saturated heterocycles. The molecule has 0 atom stereocenters. The minimum atomic E-state index is -0.0294. The fourth-order valence-corrected chi connectivity index (χ4v) is 3.05. The van der Waals surface area contributed by atoms with Gasteiger partial charge in [0.1, 0.15) is 5.82 Å². The lowest BCUT2D eigenvalue weighted by Crippen LogP contribution is -2.29. The van der Waals surface area contributed by atoms with Gasteiger partial charge in [0.25, 0.3) is 0 Å². The molecule has 1 aliphatic rings. The average Bonchev–Trinajstić information content (AvgIpc) is 2.83. The number of anilines is 2. The highest BCUT2D eigenvalue weighted by molar-refractivity contribution is 5.64. The van der Waals surface area contributed by atoms with Crippen LogP contribution >= 0.6 is 0 Å². The third kappa shape index (κ3) is 4.47. The number of nitrogens with zero attached hydrogens (tertiary/aromatic N) is 3. The minimum Gasteiger partial charge on any atom is -0.365 e. The predicted molar refractivity (Wildman–Crippen MR) is 102 cm³/mol. The molecular formula is C20H28N4. The zero-order valence-electron chi connectivity index (χ0n) is 15.0. The number of hydrogen-bond donors (Lipinski definition) is 1. The maximum absolute atomic E-state index is 4.87. The van der Waals surface area contributed by atoms with Crippen LogP contribution in [0.5, 0.6) is 0 Å². The van der Waals surface area contributed by atoms with Crippen molar-refractivity contribution in [2.45, 2.75) is 52.0 Å². The molecule has 1 aromatic heterocycles. The van der Waals surface area contributed by atoms with Crippen molar-refractivity contribution in [3.05, 3.63) is 36.4 Å². The molecular weight excluding hydrogens is 296 g/mol. The number of hydrogen-bond acceptors (Lipinski definition) is 4. The van der Waals surface area contributed by atoms with Crippen LogP contribution in [0.3, 0.4) is 0 Å². The van der Waals surface area contributed by atoms with Crippen LogP contribution in [-0.4, -0.2) is 28.6 Å². The van der Waals surface area contributed by atoms with Gasteiger partial charge in [0.05, 0.1) is 5.69 Å². The second kappa shape index (κ2) is 7.20. The highest BCUT2D eigenvalue weighted by atomic mass is 15.3. The molecule has 2 heterocycles. The lowest BCUT2D eigenvalue weighted by molar-refractivity contribution is 0.629. The van der Waals surface area contributed by atoms with Crippen LogP contribution in [0.1, 0.15) is 46.5 Å². The fraction of sp³-hybridized carbons (Fsp3) is 0.500. The molecule has 0 unspecified atom stereocenters. The summed E-state index contributed by atoms with van der Waals surface area (Å²) in [5, 5.41) is 3.51. The van der Waals surface area contributed by atoms with Crippen LogP contribution in [0.2, 0.25) is 0 Å². The fourth-order valence-electron chi connectivity index (χ4n) is 3.05. The first-order valence-corrected chi connectivity index (χ1v) is 8.99. The first-order chi connectivity index (χ1) is 11.5. The Bertz CT molecular complexity index is 653. The number of benzene rings is 1. The van der Waals surface area contributed by atoms with Crippen molar-refractivity contribution in [3.63, 3.8) is 0 Å². The van der Waals surface area contributed by atoms with Crippen molar-refractivity contribution in [2.75, 3.05) is 23.3 Å². The predicted octanol–water partition coefficient (Wildman–Crippen LogP) is 4.73. The van der Waals surface area contributed by atoms with Crippen LogP contribution in [-0.2, 0) is 0 Å². The lowest BCUT2D eigenvalue weighted by Gasteiger charge is -2.25. The van der Waals surface area contributed by atoms with E-state index in [1.54, 1.807) is 0 Å². The van der Waals surface area contributed by atoms with E-state index in [4.69, 9.17) is 9.97 Å². The van der Waals surface area contributed by atoms with E-state index in [1.807, 2.05) is 6.07 Å². The van der Waals surface area contributed by atoms with E-state index in [1.165, 1.54) is 25.7 Å². The molecule has 1 aromatic carbocycles. The highest BCUT2D eigenvalue weighted by Crippen LogP contribution is 2.25. The van der Waals surface area contributed by atoms with Crippen LogP contribution < -0.4 is 10.2 Å². The Labute approximate surface area is 145 Å². The first-order valence-electron chi connectivity index (χ1n) is 8.99. The number of rotatable bonds is 3. The van der Waals surface area contributed by atoms with E-state index in [2.05, 4.69) is 61.3 Å². The van der Waals surface area contributed by atoms with Gasteiger partial charge in [0.2, 0.25) is 5.95 Å². The smallest absolute Gasteiger partial charge is 0.227 e. The summed E-state index contributed by atoms with van der Waals surface area (Å²) in [4.78, 5) is 12.0. The molecule has 3 rings (SSSR count). The largest absolute Gasteiger partial charge is 0.365 e. The quantitative estimate of drug-likeness (QED) is 0.886. The Kier molecular flexibility index (Phi) is 5.03. The third-order valence-corrected chi connectivity index (χ3v) is 4.18. The molecule has 0 bridgehead atoms. The van der Waals surface area contributed by atoms with Crippen molar-refractivity contribution in [1.82, 2.24) is 9.97 Å². The van der Waals surface area contributed by atoms with Gasteiger partial charge in [0.15, 0.2) is 0 Å². The molecule has 1 N–H and O–H groups in total. The lowest BCUT2D eigenvalue weighted by atomic mass is 10.1. The number of aromatic nitrogens is 2. The van der Waals surface area contributed by atoms with E-state index < -0.39 is 0 Å². The van der Waals surface area contributed by atoms with Gasteiger partial charge in [-0.15, -0.1) is 0 Å². The van der Waals surface area contributed by atoms with E-state index >= 15 is 0 Å². The summed E-state index contributed by atoms with van der Waals surface area (Å²) in [5.41, 5.74) is 2.09. The monoisotopic (exact) mass is 324 g/mol. The molecule has 0 saturated carbocycles. The molecule has 128 valence electrons. The van der Waals surface area contributed by atoms with Crippen molar-refractivity contribution >= 4 is 11.8 Å². The van der Waals surface area contributed by atoms with E-state index in [0.29, 0.717) is 0 Å². The Balaban J connectivity index is 1.99. The maximum atomic E-state index is 4.87. The summed E-state index contributed by atoms with van der Waals surface area (Å²) in [5.74, 6) is 1.75. The van der Waals surface area contributed by atoms with Gasteiger partial charge in [-0.1, -0.05) is 43.2 Å². The SMILES string of the molecule is CC(C)(C)Nc1cc(-c2ccccc2)nc(N2CCCCCC2)n1. The molecule has 24 heavy (non-hydrogen) atoms. The summed E-state index contributed by atoms with van der Waals surface area (Å²) in [6.45, 7) is 8.56. The Morgan fingerprint density at radius 2 is 1.58 bits per heavy atom. The summed E-state index contributed by atoms with van der Waals surface area (Å²) >= 11 is 0. The molecule has 0 radical (unpaired) electrons. The first kappa shape index (κ1) is 16.7. The summed E-state index contributed by atoms with van der Waals surface area (Å²) in [6.07, 6.45) is 5.06. The molecule has 1 fully saturated rings. The summed E-state index contributed by atoms with van der Waals surface area (Å²) in [6, 6.07) is 12.4. The van der Waals surface area contributed by atoms with Gasteiger partial charge in [-0.3, -0.25) is 0 Å². The molecule has 4 nitrogen and oxygen atoms in total. The molecule has 0 aliphatic carbocycles. The Morgan fingerprint density at radius 3 is 2.21 bits per heavy atom. The van der Waals surface area contributed by atoms with Gasteiger partial charge < -0.3 is 10.2 Å². The van der Waals surface area contributed by atoms with Gasteiger partial charge in [0, 0.05) is 30.3 Å². The molecule has 2 aromatic rings. The summed E-state index contributed by atoms with van der Waals surface area (Å²) in [7, 11) is 0. The molecule has 1 aliphatic heterocycles. The topological polar surface area (TPSA) is 41.1 Å². The van der Waals surface area contributed by atoms with Crippen LogP contribution in [0.4, 0.5) is 11.8 Å². The molecule has 0 amide bonds. The zero-order chi connectivity index (χ0) is 17.0. The average molecular weight is 324 g/mol. The maximum Gasteiger partial charge on any atom is 0.227 e. The Morgan fingerprint density at radius 1 is 0.917 bits per heavy atom. The van der Waals surface area contributed by atoms with Gasteiger partial charge in [-0.05, 0) is 33.6 Å². The van der Waals surface area contributed by atoms with Crippen molar-refractivity contribution in [3.8, 4) is 11.3 Å².